The smallest absolute Gasteiger partial charge is 0.218 e. The molecule has 1 heterocycles. The van der Waals surface area contributed by atoms with Crippen molar-refractivity contribution in [1.29, 1.82) is 0 Å². The van der Waals surface area contributed by atoms with Crippen LogP contribution in [0.15, 0.2) is 6.07 Å². The quantitative estimate of drug-likeness (QED) is 0.751. The van der Waals surface area contributed by atoms with Crippen LogP contribution in [0.1, 0.15) is 38.4 Å². The molecule has 1 aromatic heterocycles. The summed E-state index contributed by atoms with van der Waals surface area (Å²) in [5, 5.41) is 0.955. The van der Waals surface area contributed by atoms with Gasteiger partial charge in [-0.2, -0.15) is 4.98 Å². The third-order valence-corrected chi connectivity index (χ3v) is 3.83. The van der Waals surface area contributed by atoms with E-state index in [2.05, 4.69) is 30.8 Å². The van der Waals surface area contributed by atoms with E-state index in [1.165, 1.54) is 25.7 Å². The normalized spacial score (nSPS) is 15.7. The molecule has 1 aliphatic carbocycles. The summed E-state index contributed by atoms with van der Waals surface area (Å²) < 4.78 is 5.53. The van der Waals surface area contributed by atoms with E-state index >= 15 is 0 Å². The zero-order chi connectivity index (χ0) is 13.7. The lowest BCUT2D eigenvalue weighted by atomic mass is 10.2. The molecule has 5 heteroatoms. The number of anilines is 1. The minimum absolute atomic E-state index is 0.612. The van der Waals surface area contributed by atoms with Gasteiger partial charge in [-0.25, -0.2) is 4.98 Å². The maximum atomic E-state index is 5.53. The fraction of sp³-hybridized carbons (Fsp3) is 0.714. The molecule has 0 aromatic carbocycles. The van der Waals surface area contributed by atoms with Crippen molar-refractivity contribution in [3.05, 3.63) is 11.9 Å². The lowest BCUT2D eigenvalue weighted by molar-refractivity contribution is 0.325. The van der Waals surface area contributed by atoms with E-state index in [4.69, 9.17) is 4.74 Å². The summed E-state index contributed by atoms with van der Waals surface area (Å²) in [6.45, 7) is 5.52. The number of nitrogens with zero attached hydrogens (tertiary/aromatic N) is 3. The van der Waals surface area contributed by atoms with Crippen molar-refractivity contribution < 1.29 is 4.74 Å². The highest BCUT2D eigenvalue weighted by atomic mass is 79.9. The Hall–Kier alpha value is -0.840. The molecule has 0 bridgehead atoms. The Bertz CT molecular complexity index is 408. The molecule has 106 valence electrons. The summed E-state index contributed by atoms with van der Waals surface area (Å²) in [7, 11) is 0. The number of rotatable bonds is 6. The van der Waals surface area contributed by atoms with Gasteiger partial charge < -0.3 is 9.64 Å². The maximum Gasteiger partial charge on any atom is 0.218 e. The number of ether oxygens (including phenoxy) is 1. The van der Waals surface area contributed by atoms with Crippen LogP contribution < -0.4 is 9.64 Å². The van der Waals surface area contributed by atoms with Crippen LogP contribution in [0, 0.1) is 6.92 Å². The van der Waals surface area contributed by atoms with E-state index in [0.29, 0.717) is 18.5 Å². The first kappa shape index (κ1) is 14.6. The van der Waals surface area contributed by atoms with E-state index in [9.17, 15) is 0 Å². The van der Waals surface area contributed by atoms with Gasteiger partial charge in [0.1, 0.15) is 11.6 Å². The fourth-order valence-corrected chi connectivity index (χ4v) is 3.07. The minimum Gasteiger partial charge on any atom is -0.478 e. The van der Waals surface area contributed by atoms with Gasteiger partial charge >= 0.3 is 0 Å². The second kappa shape index (κ2) is 7.08. The predicted octanol–water partition coefficient (Wildman–Crippen LogP) is 3.33. The lowest BCUT2D eigenvalue weighted by Gasteiger charge is -2.29. The molecule has 0 amide bonds. The van der Waals surface area contributed by atoms with Gasteiger partial charge in [-0.15, -0.1) is 0 Å². The molecule has 1 aliphatic rings. The highest BCUT2D eigenvalue weighted by molar-refractivity contribution is 9.09. The third kappa shape index (κ3) is 3.81. The Morgan fingerprint density at radius 1 is 1.37 bits per heavy atom. The monoisotopic (exact) mass is 327 g/mol. The predicted molar refractivity (Wildman–Crippen MR) is 81.3 cm³/mol. The summed E-state index contributed by atoms with van der Waals surface area (Å²) in [6.07, 6.45) is 5.18. The topological polar surface area (TPSA) is 38.2 Å². The maximum absolute atomic E-state index is 5.53. The molecular formula is C14H22BrN3O. The van der Waals surface area contributed by atoms with Crippen molar-refractivity contribution in [1.82, 2.24) is 9.97 Å². The molecule has 1 fully saturated rings. The lowest BCUT2D eigenvalue weighted by Crippen LogP contribution is -2.35. The molecule has 0 spiro atoms. The molecule has 19 heavy (non-hydrogen) atoms. The van der Waals surface area contributed by atoms with Crippen molar-refractivity contribution in [2.24, 2.45) is 0 Å². The Morgan fingerprint density at radius 3 is 2.74 bits per heavy atom. The third-order valence-electron chi connectivity index (χ3n) is 3.48. The van der Waals surface area contributed by atoms with Crippen LogP contribution in [0.3, 0.4) is 0 Å². The summed E-state index contributed by atoms with van der Waals surface area (Å²) in [5.74, 6) is 2.46. The van der Waals surface area contributed by atoms with Crippen molar-refractivity contribution in [3.63, 3.8) is 0 Å². The SMILES string of the molecule is CCOc1cc(N(CCBr)C2CCCC2)nc(C)n1. The Morgan fingerprint density at radius 2 is 2.11 bits per heavy atom. The molecule has 0 N–H and O–H groups in total. The molecule has 0 unspecified atom stereocenters. The first-order valence-corrected chi connectivity index (χ1v) is 8.17. The molecule has 1 aromatic rings. The van der Waals surface area contributed by atoms with E-state index in [0.717, 1.165) is 23.5 Å². The molecule has 2 rings (SSSR count). The van der Waals surface area contributed by atoms with Gasteiger partial charge in [0, 0.05) is 24.0 Å². The second-order valence-electron chi connectivity index (χ2n) is 4.87. The molecule has 0 saturated heterocycles. The summed E-state index contributed by atoms with van der Waals surface area (Å²) in [5.41, 5.74) is 0. The first-order valence-electron chi connectivity index (χ1n) is 7.05. The van der Waals surface area contributed by atoms with Crippen molar-refractivity contribution >= 4 is 21.7 Å². The highest BCUT2D eigenvalue weighted by Crippen LogP contribution is 2.28. The molecule has 0 aliphatic heterocycles. The average molecular weight is 328 g/mol. The Kier molecular flexibility index (Phi) is 5.43. The number of hydrogen-bond acceptors (Lipinski definition) is 4. The van der Waals surface area contributed by atoms with Crippen LogP contribution in [-0.4, -0.2) is 34.5 Å². The van der Waals surface area contributed by atoms with Gasteiger partial charge in [0.2, 0.25) is 5.88 Å². The van der Waals surface area contributed by atoms with Gasteiger partial charge in [-0.3, -0.25) is 0 Å². The van der Waals surface area contributed by atoms with Crippen molar-refractivity contribution in [2.75, 3.05) is 23.4 Å². The second-order valence-corrected chi connectivity index (χ2v) is 5.66. The average Bonchev–Trinajstić information content (AvgIpc) is 2.89. The number of halogens is 1. The first-order chi connectivity index (χ1) is 9.24. The number of aromatic nitrogens is 2. The van der Waals surface area contributed by atoms with E-state index in [1.807, 2.05) is 19.9 Å². The van der Waals surface area contributed by atoms with Crippen LogP contribution in [0.25, 0.3) is 0 Å². The van der Waals surface area contributed by atoms with Crippen LogP contribution >= 0.6 is 15.9 Å². The largest absolute Gasteiger partial charge is 0.478 e. The van der Waals surface area contributed by atoms with Crippen LogP contribution in [0.5, 0.6) is 5.88 Å². The fourth-order valence-electron chi connectivity index (χ4n) is 2.69. The van der Waals surface area contributed by atoms with Gasteiger partial charge in [0.05, 0.1) is 6.61 Å². The van der Waals surface area contributed by atoms with Gasteiger partial charge in [0.25, 0.3) is 0 Å². The van der Waals surface area contributed by atoms with Gasteiger partial charge in [-0.05, 0) is 26.7 Å². The van der Waals surface area contributed by atoms with Crippen LogP contribution in [0.4, 0.5) is 5.82 Å². The molecule has 0 radical (unpaired) electrons. The van der Waals surface area contributed by atoms with Gasteiger partial charge in [0.15, 0.2) is 0 Å². The Balaban J connectivity index is 2.24. The van der Waals surface area contributed by atoms with Crippen LogP contribution in [-0.2, 0) is 0 Å². The van der Waals surface area contributed by atoms with Crippen LogP contribution in [0.2, 0.25) is 0 Å². The Labute approximate surface area is 123 Å². The summed E-state index contributed by atoms with van der Waals surface area (Å²) >= 11 is 3.55. The number of aryl methyl sites for hydroxylation is 1. The zero-order valence-electron chi connectivity index (χ0n) is 11.7. The minimum atomic E-state index is 0.612. The standard InChI is InChI=1S/C14H22BrN3O/c1-3-19-14-10-13(16-11(2)17-14)18(9-8-15)12-6-4-5-7-12/h10,12H,3-9H2,1-2H3. The van der Waals surface area contributed by atoms with E-state index in [1.54, 1.807) is 0 Å². The van der Waals surface area contributed by atoms with E-state index < -0.39 is 0 Å². The zero-order valence-corrected chi connectivity index (χ0v) is 13.3. The van der Waals surface area contributed by atoms with Gasteiger partial charge in [-0.1, -0.05) is 28.8 Å². The molecule has 0 atom stereocenters. The summed E-state index contributed by atoms with van der Waals surface area (Å²) in [6, 6.07) is 2.58. The highest BCUT2D eigenvalue weighted by Gasteiger charge is 2.24. The molecular weight excluding hydrogens is 306 g/mol. The molecule has 1 saturated carbocycles. The van der Waals surface area contributed by atoms with Crippen molar-refractivity contribution in [3.8, 4) is 5.88 Å². The summed E-state index contributed by atoms with van der Waals surface area (Å²) in [4.78, 5) is 11.3. The number of hydrogen-bond donors (Lipinski definition) is 0. The van der Waals surface area contributed by atoms with Crippen molar-refractivity contribution in [2.45, 2.75) is 45.6 Å². The number of alkyl halides is 1. The molecule has 4 nitrogen and oxygen atoms in total. The van der Waals surface area contributed by atoms with E-state index in [-0.39, 0.29) is 0 Å².